The lowest BCUT2D eigenvalue weighted by Crippen LogP contribution is -2.32. The van der Waals surface area contributed by atoms with E-state index in [1.54, 1.807) is 11.8 Å². The van der Waals surface area contributed by atoms with E-state index in [-0.39, 0.29) is 6.42 Å². The Labute approximate surface area is 182 Å². The lowest BCUT2D eigenvalue weighted by molar-refractivity contribution is -0.138. The van der Waals surface area contributed by atoms with Crippen LogP contribution in [0, 0.1) is 6.92 Å². The summed E-state index contributed by atoms with van der Waals surface area (Å²) in [6, 6.07) is 15.1. The number of benzene rings is 2. The first-order chi connectivity index (χ1) is 14.3. The van der Waals surface area contributed by atoms with Crippen molar-refractivity contribution < 1.29 is 19.8 Å². The fourth-order valence-electron chi connectivity index (χ4n) is 2.88. The minimum atomic E-state index is -1.00. The monoisotopic (exact) mass is 442 g/mol. The van der Waals surface area contributed by atoms with Crippen LogP contribution in [-0.4, -0.2) is 33.2 Å². The Kier molecular flexibility index (Phi) is 7.25. The number of nitrogens with two attached hydrogens (primary N) is 1. The molecule has 0 spiro atoms. The topological polar surface area (TPSA) is 114 Å². The second-order valence-corrected chi connectivity index (χ2v) is 9.20. The van der Waals surface area contributed by atoms with Gasteiger partial charge < -0.3 is 15.9 Å². The Morgan fingerprint density at radius 3 is 2.13 bits per heavy atom. The van der Waals surface area contributed by atoms with E-state index in [9.17, 15) is 9.59 Å². The van der Waals surface area contributed by atoms with Crippen LogP contribution in [0.4, 0.5) is 0 Å². The van der Waals surface area contributed by atoms with Crippen molar-refractivity contribution in [2.24, 2.45) is 5.73 Å². The lowest BCUT2D eigenvalue weighted by atomic mass is 10.0. The van der Waals surface area contributed by atoms with Crippen molar-refractivity contribution in [3.63, 3.8) is 0 Å². The number of carbonyl (C=O) groups is 2. The Bertz CT molecular complexity index is 1030. The molecule has 3 rings (SSSR count). The van der Waals surface area contributed by atoms with Crippen LogP contribution in [0.2, 0.25) is 0 Å². The van der Waals surface area contributed by atoms with E-state index in [1.165, 1.54) is 11.3 Å². The van der Waals surface area contributed by atoms with Crippen molar-refractivity contribution in [2.75, 3.05) is 0 Å². The molecule has 1 atom stereocenters. The quantitative estimate of drug-likeness (QED) is 0.429. The Balaban J connectivity index is 1.60. The fourth-order valence-corrected chi connectivity index (χ4v) is 5.06. The van der Waals surface area contributed by atoms with Crippen molar-refractivity contribution in [1.29, 1.82) is 0 Å². The summed E-state index contributed by atoms with van der Waals surface area (Å²) in [6.45, 7) is 1.84. The zero-order valence-corrected chi connectivity index (χ0v) is 18.0. The number of aromatic nitrogens is 1. The van der Waals surface area contributed by atoms with E-state index in [0.717, 1.165) is 42.9 Å². The predicted molar refractivity (Wildman–Crippen MR) is 119 cm³/mol. The molecule has 156 valence electrons. The molecular weight excluding hydrogens is 420 g/mol. The Hall–Kier alpha value is -2.68. The summed E-state index contributed by atoms with van der Waals surface area (Å²) in [5.41, 5.74) is 10.5. The van der Waals surface area contributed by atoms with Gasteiger partial charge in [-0.05, 0) is 35.6 Å². The SMILES string of the molecule is Cc1nc(SCc2ccc(-c3ccc(CC(N)C(=O)O)cc3)cc2)sc1CC(=O)O. The van der Waals surface area contributed by atoms with Gasteiger partial charge in [0.2, 0.25) is 0 Å². The number of nitrogens with zero attached hydrogens (tertiary/aromatic N) is 1. The highest BCUT2D eigenvalue weighted by Gasteiger charge is 2.13. The minimum Gasteiger partial charge on any atom is -0.481 e. The summed E-state index contributed by atoms with van der Waals surface area (Å²) in [5, 5.41) is 17.9. The van der Waals surface area contributed by atoms with Crippen molar-refractivity contribution in [3.8, 4) is 11.1 Å². The third-order valence-corrected chi connectivity index (χ3v) is 6.93. The summed E-state index contributed by atoms with van der Waals surface area (Å²) >= 11 is 3.04. The highest BCUT2D eigenvalue weighted by Crippen LogP contribution is 2.30. The Morgan fingerprint density at radius 2 is 1.60 bits per heavy atom. The third-order valence-electron chi connectivity index (χ3n) is 4.56. The number of carboxylic acid groups (broad SMARTS) is 2. The molecule has 0 saturated heterocycles. The molecule has 1 unspecified atom stereocenters. The maximum atomic E-state index is 10.9. The average molecular weight is 443 g/mol. The van der Waals surface area contributed by atoms with Crippen molar-refractivity contribution in [2.45, 2.75) is 35.9 Å². The second-order valence-electron chi connectivity index (χ2n) is 6.89. The molecule has 0 aliphatic rings. The van der Waals surface area contributed by atoms with E-state index in [4.69, 9.17) is 15.9 Å². The maximum absolute atomic E-state index is 10.9. The lowest BCUT2D eigenvalue weighted by Gasteiger charge is -2.08. The molecule has 30 heavy (non-hydrogen) atoms. The largest absolute Gasteiger partial charge is 0.481 e. The van der Waals surface area contributed by atoms with Gasteiger partial charge in [-0.15, -0.1) is 11.3 Å². The molecule has 0 aliphatic carbocycles. The number of rotatable bonds is 9. The van der Waals surface area contributed by atoms with E-state index in [1.807, 2.05) is 31.2 Å². The molecule has 4 N–H and O–H groups in total. The number of thiazole rings is 1. The van der Waals surface area contributed by atoms with E-state index in [2.05, 4.69) is 29.2 Å². The number of hydrogen-bond donors (Lipinski definition) is 3. The molecule has 0 amide bonds. The minimum absolute atomic E-state index is 0.0137. The normalized spacial score (nSPS) is 11.9. The molecule has 6 nitrogen and oxygen atoms in total. The van der Waals surface area contributed by atoms with Gasteiger partial charge in [-0.2, -0.15) is 0 Å². The van der Waals surface area contributed by atoms with Crippen molar-refractivity contribution in [3.05, 3.63) is 70.2 Å². The van der Waals surface area contributed by atoms with Crippen LogP contribution in [-0.2, 0) is 28.2 Å². The fraction of sp³-hybridized carbons (Fsp3) is 0.227. The van der Waals surface area contributed by atoms with Crippen molar-refractivity contribution in [1.82, 2.24) is 4.98 Å². The van der Waals surface area contributed by atoms with Gasteiger partial charge in [-0.25, -0.2) is 4.98 Å². The first-order valence-electron chi connectivity index (χ1n) is 9.29. The van der Waals surface area contributed by atoms with Gasteiger partial charge in [-0.1, -0.05) is 60.3 Å². The third kappa shape index (κ3) is 5.91. The molecule has 2 aromatic carbocycles. The number of aliphatic carboxylic acids is 2. The molecule has 0 aliphatic heterocycles. The van der Waals surface area contributed by atoms with Crippen LogP contribution in [0.5, 0.6) is 0 Å². The number of aryl methyl sites for hydroxylation is 1. The molecule has 0 saturated carbocycles. The van der Waals surface area contributed by atoms with Gasteiger partial charge in [0, 0.05) is 10.6 Å². The molecule has 0 bridgehead atoms. The van der Waals surface area contributed by atoms with E-state index >= 15 is 0 Å². The van der Waals surface area contributed by atoms with Crippen LogP contribution in [0.25, 0.3) is 11.1 Å². The van der Waals surface area contributed by atoms with Gasteiger partial charge in [0.05, 0.1) is 12.1 Å². The van der Waals surface area contributed by atoms with Crippen LogP contribution in [0.3, 0.4) is 0 Å². The molecule has 1 aromatic heterocycles. The van der Waals surface area contributed by atoms with Gasteiger partial charge in [0.1, 0.15) is 6.04 Å². The van der Waals surface area contributed by atoms with E-state index in [0.29, 0.717) is 6.42 Å². The molecule has 3 aromatic rings. The zero-order valence-electron chi connectivity index (χ0n) is 16.4. The van der Waals surface area contributed by atoms with Gasteiger partial charge in [-0.3, -0.25) is 9.59 Å². The summed E-state index contributed by atoms with van der Waals surface area (Å²) in [5.74, 6) is -1.09. The van der Waals surface area contributed by atoms with Crippen LogP contribution in [0.1, 0.15) is 21.7 Å². The van der Waals surface area contributed by atoms with Crippen molar-refractivity contribution >= 4 is 35.0 Å². The zero-order chi connectivity index (χ0) is 21.7. The first-order valence-corrected chi connectivity index (χ1v) is 11.1. The first kappa shape index (κ1) is 22.0. The summed E-state index contributed by atoms with van der Waals surface area (Å²) in [4.78, 5) is 27.0. The highest BCUT2D eigenvalue weighted by molar-refractivity contribution is 8.00. The molecular formula is C22H22N2O4S2. The van der Waals surface area contributed by atoms with Gasteiger partial charge >= 0.3 is 11.9 Å². The van der Waals surface area contributed by atoms with Gasteiger partial charge in [0.25, 0.3) is 0 Å². The standard InChI is InChI=1S/C22H22N2O4S2/c1-13-19(11-20(25)26)30-22(24-13)29-12-15-4-8-17(9-5-15)16-6-2-14(3-7-16)10-18(23)21(27)28/h2-9,18H,10-12,23H2,1H3,(H,25,26)(H,27,28). The smallest absolute Gasteiger partial charge is 0.320 e. The number of carboxylic acids is 2. The number of thioether (sulfide) groups is 1. The summed E-state index contributed by atoms with van der Waals surface area (Å²) < 4.78 is 0.878. The summed E-state index contributed by atoms with van der Waals surface area (Å²) in [6.07, 6.45) is 0.315. The molecule has 1 heterocycles. The van der Waals surface area contributed by atoms with Gasteiger partial charge in [0.15, 0.2) is 4.34 Å². The maximum Gasteiger partial charge on any atom is 0.320 e. The highest BCUT2D eigenvalue weighted by atomic mass is 32.2. The van der Waals surface area contributed by atoms with E-state index < -0.39 is 18.0 Å². The molecule has 0 fully saturated rings. The molecule has 0 radical (unpaired) electrons. The second kappa shape index (κ2) is 9.88. The predicted octanol–water partition coefficient (Wildman–Crippen LogP) is 3.99. The number of hydrogen-bond acceptors (Lipinski definition) is 6. The van der Waals surface area contributed by atoms with Crippen LogP contribution < -0.4 is 5.73 Å². The molecule has 8 heteroatoms. The van der Waals surface area contributed by atoms with Crippen LogP contribution >= 0.6 is 23.1 Å². The summed E-state index contributed by atoms with van der Waals surface area (Å²) in [7, 11) is 0. The van der Waals surface area contributed by atoms with Crippen LogP contribution in [0.15, 0.2) is 52.9 Å². The Morgan fingerprint density at radius 1 is 1.03 bits per heavy atom. The average Bonchev–Trinajstić information content (AvgIpc) is 3.06.